The summed E-state index contributed by atoms with van der Waals surface area (Å²) in [4.78, 5) is 30.1. The summed E-state index contributed by atoms with van der Waals surface area (Å²) in [6.07, 6.45) is 1.73. The monoisotopic (exact) mass is 568 g/mol. The standard InChI is InChI=1S/C29H30BrClN2O3/c1-32(20-22-7-3-2-4-8-22)27(34)19-29(21-36-24-13-11-23(31)12-14-24)15-17-33(18-16-29)28(35)25-9-5-6-10-26(25)30/h2-14H,15-21H2,1H3. The first-order chi connectivity index (χ1) is 17.3. The number of rotatable bonds is 8. The Balaban J connectivity index is 1.46. The highest BCUT2D eigenvalue weighted by atomic mass is 79.9. The van der Waals surface area contributed by atoms with Gasteiger partial charge >= 0.3 is 0 Å². The van der Waals surface area contributed by atoms with Crippen molar-refractivity contribution in [3.63, 3.8) is 0 Å². The summed E-state index contributed by atoms with van der Waals surface area (Å²) in [6, 6.07) is 24.7. The minimum absolute atomic E-state index is 0.00205. The van der Waals surface area contributed by atoms with E-state index in [9.17, 15) is 9.59 Å². The van der Waals surface area contributed by atoms with Gasteiger partial charge in [-0.05, 0) is 70.7 Å². The van der Waals surface area contributed by atoms with E-state index in [1.807, 2.05) is 78.7 Å². The molecule has 0 unspecified atom stereocenters. The third-order valence-electron chi connectivity index (χ3n) is 6.79. The summed E-state index contributed by atoms with van der Waals surface area (Å²) >= 11 is 9.51. The minimum Gasteiger partial charge on any atom is -0.493 e. The van der Waals surface area contributed by atoms with Crippen LogP contribution in [0, 0.1) is 5.41 Å². The highest BCUT2D eigenvalue weighted by Crippen LogP contribution is 2.37. The van der Waals surface area contributed by atoms with Gasteiger partial charge in [-0.1, -0.05) is 54.1 Å². The highest BCUT2D eigenvalue weighted by molar-refractivity contribution is 9.10. The van der Waals surface area contributed by atoms with E-state index in [0.717, 1.165) is 15.8 Å². The van der Waals surface area contributed by atoms with Gasteiger partial charge < -0.3 is 14.5 Å². The molecule has 0 saturated carbocycles. The predicted molar refractivity (Wildman–Crippen MR) is 146 cm³/mol. The second-order valence-corrected chi connectivity index (χ2v) is 10.7. The zero-order valence-corrected chi connectivity index (χ0v) is 22.7. The lowest BCUT2D eigenvalue weighted by Gasteiger charge is -2.42. The lowest BCUT2D eigenvalue weighted by molar-refractivity contribution is -0.134. The number of likely N-dealkylation sites (tertiary alicyclic amines) is 1. The lowest BCUT2D eigenvalue weighted by Crippen LogP contribution is -2.47. The van der Waals surface area contributed by atoms with E-state index < -0.39 is 0 Å². The Kier molecular flexibility index (Phi) is 8.70. The van der Waals surface area contributed by atoms with Crippen molar-refractivity contribution in [1.82, 2.24) is 9.80 Å². The van der Waals surface area contributed by atoms with Crippen molar-refractivity contribution >= 4 is 39.3 Å². The fraction of sp³-hybridized carbons (Fsp3) is 0.310. The summed E-state index contributed by atoms with van der Waals surface area (Å²) in [7, 11) is 1.84. The van der Waals surface area contributed by atoms with E-state index in [-0.39, 0.29) is 17.2 Å². The maximum absolute atomic E-state index is 13.3. The first kappa shape index (κ1) is 26.2. The Bertz CT molecular complexity index is 1180. The Labute approximate surface area is 226 Å². The molecule has 188 valence electrons. The van der Waals surface area contributed by atoms with Crippen molar-refractivity contribution in [1.29, 1.82) is 0 Å². The molecule has 0 atom stereocenters. The molecule has 1 aliphatic rings. The fourth-order valence-electron chi connectivity index (χ4n) is 4.53. The molecule has 3 aromatic rings. The van der Waals surface area contributed by atoms with Gasteiger partial charge in [0.25, 0.3) is 5.91 Å². The van der Waals surface area contributed by atoms with Crippen LogP contribution in [0.1, 0.15) is 35.2 Å². The number of nitrogens with zero attached hydrogens (tertiary/aromatic N) is 2. The van der Waals surface area contributed by atoms with E-state index in [1.54, 1.807) is 17.0 Å². The Morgan fingerprint density at radius 3 is 2.28 bits per heavy atom. The molecule has 0 aliphatic carbocycles. The van der Waals surface area contributed by atoms with Crippen molar-refractivity contribution in [2.75, 3.05) is 26.7 Å². The number of ether oxygens (including phenoxy) is 1. The molecule has 4 rings (SSSR count). The number of amides is 2. The summed E-state index contributed by atoms with van der Waals surface area (Å²) < 4.78 is 6.95. The van der Waals surface area contributed by atoms with Crippen molar-refractivity contribution in [2.24, 2.45) is 5.41 Å². The van der Waals surface area contributed by atoms with Crippen LogP contribution in [0.2, 0.25) is 5.02 Å². The number of carbonyl (C=O) groups excluding carboxylic acids is 2. The molecule has 1 saturated heterocycles. The average Bonchev–Trinajstić information content (AvgIpc) is 2.89. The zero-order chi connectivity index (χ0) is 25.5. The van der Waals surface area contributed by atoms with Gasteiger partial charge in [-0.2, -0.15) is 0 Å². The molecular formula is C29H30BrClN2O3. The van der Waals surface area contributed by atoms with Crippen LogP contribution in [-0.2, 0) is 11.3 Å². The molecule has 0 spiro atoms. The van der Waals surface area contributed by atoms with Crippen LogP contribution in [0.3, 0.4) is 0 Å². The van der Waals surface area contributed by atoms with E-state index in [0.29, 0.717) is 56.1 Å². The normalized spacial score (nSPS) is 14.8. The van der Waals surface area contributed by atoms with Crippen LogP contribution in [0.25, 0.3) is 0 Å². The molecule has 3 aromatic carbocycles. The first-order valence-electron chi connectivity index (χ1n) is 12.1. The molecule has 5 nitrogen and oxygen atoms in total. The van der Waals surface area contributed by atoms with Gasteiger partial charge in [0, 0.05) is 48.0 Å². The smallest absolute Gasteiger partial charge is 0.254 e. The van der Waals surface area contributed by atoms with E-state index in [1.165, 1.54) is 0 Å². The average molecular weight is 570 g/mol. The summed E-state index contributed by atoms with van der Waals surface area (Å²) in [5.74, 6) is 0.793. The molecule has 1 heterocycles. The van der Waals surface area contributed by atoms with Gasteiger partial charge in [-0.3, -0.25) is 9.59 Å². The lowest BCUT2D eigenvalue weighted by atomic mass is 9.75. The second kappa shape index (κ2) is 11.9. The van der Waals surface area contributed by atoms with Crippen LogP contribution in [-0.4, -0.2) is 48.4 Å². The highest BCUT2D eigenvalue weighted by Gasteiger charge is 2.39. The van der Waals surface area contributed by atoms with Crippen LogP contribution in [0.5, 0.6) is 5.75 Å². The number of halogens is 2. The van der Waals surface area contributed by atoms with E-state index in [2.05, 4.69) is 15.9 Å². The third kappa shape index (κ3) is 6.68. The van der Waals surface area contributed by atoms with Gasteiger partial charge in [-0.25, -0.2) is 0 Å². The molecule has 0 bridgehead atoms. The van der Waals surface area contributed by atoms with Crippen LogP contribution in [0.4, 0.5) is 0 Å². The number of benzene rings is 3. The van der Waals surface area contributed by atoms with Gasteiger partial charge in [0.1, 0.15) is 5.75 Å². The van der Waals surface area contributed by atoms with Gasteiger partial charge in [-0.15, -0.1) is 0 Å². The molecule has 0 aromatic heterocycles. The first-order valence-corrected chi connectivity index (χ1v) is 13.2. The third-order valence-corrected chi connectivity index (χ3v) is 7.73. The van der Waals surface area contributed by atoms with Crippen molar-refractivity contribution in [3.8, 4) is 5.75 Å². The zero-order valence-electron chi connectivity index (χ0n) is 20.3. The van der Waals surface area contributed by atoms with Gasteiger partial charge in [0.05, 0.1) is 12.2 Å². The Morgan fingerprint density at radius 2 is 1.61 bits per heavy atom. The number of carbonyl (C=O) groups is 2. The summed E-state index contributed by atoms with van der Waals surface area (Å²) in [5.41, 5.74) is 1.38. The SMILES string of the molecule is CN(Cc1ccccc1)C(=O)CC1(COc2ccc(Cl)cc2)CCN(C(=O)c2ccccc2Br)CC1. The molecule has 1 aliphatic heterocycles. The molecule has 7 heteroatoms. The Hall–Kier alpha value is -2.83. The number of hydrogen-bond acceptors (Lipinski definition) is 3. The molecule has 0 N–H and O–H groups in total. The van der Waals surface area contributed by atoms with E-state index in [4.69, 9.17) is 16.3 Å². The van der Waals surface area contributed by atoms with Crippen molar-refractivity contribution < 1.29 is 14.3 Å². The number of piperidine rings is 1. The van der Waals surface area contributed by atoms with Gasteiger partial charge in [0.2, 0.25) is 5.91 Å². The van der Waals surface area contributed by atoms with Gasteiger partial charge in [0.15, 0.2) is 0 Å². The molecular weight excluding hydrogens is 540 g/mol. The largest absolute Gasteiger partial charge is 0.493 e. The second-order valence-electron chi connectivity index (χ2n) is 9.43. The van der Waals surface area contributed by atoms with Crippen LogP contribution >= 0.6 is 27.5 Å². The minimum atomic E-state index is -0.369. The summed E-state index contributed by atoms with van der Waals surface area (Å²) in [6.45, 7) is 2.09. The summed E-state index contributed by atoms with van der Waals surface area (Å²) in [5, 5.41) is 0.647. The van der Waals surface area contributed by atoms with E-state index >= 15 is 0 Å². The van der Waals surface area contributed by atoms with Crippen molar-refractivity contribution in [2.45, 2.75) is 25.8 Å². The predicted octanol–water partition coefficient (Wildman–Crippen LogP) is 6.45. The Morgan fingerprint density at radius 1 is 0.972 bits per heavy atom. The quantitative estimate of drug-likeness (QED) is 0.313. The maximum atomic E-state index is 13.3. The molecule has 0 radical (unpaired) electrons. The molecule has 36 heavy (non-hydrogen) atoms. The maximum Gasteiger partial charge on any atom is 0.254 e. The topological polar surface area (TPSA) is 49.9 Å². The molecule has 2 amide bonds. The molecule has 1 fully saturated rings. The number of hydrogen-bond donors (Lipinski definition) is 0. The van der Waals surface area contributed by atoms with Crippen LogP contribution in [0.15, 0.2) is 83.3 Å². The fourth-order valence-corrected chi connectivity index (χ4v) is 5.11. The van der Waals surface area contributed by atoms with Crippen LogP contribution < -0.4 is 4.74 Å². The van der Waals surface area contributed by atoms with Crippen molar-refractivity contribution in [3.05, 3.63) is 99.5 Å².